The van der Waals surface area contributed by atoms with Gasteiger partial charge < -0.3 is 9.84 Å². The first-order valence-corrected chi connectivity index (χ1v) is 7.09. The Hall–Kier alpha value is -1.52. The van der Waals surface area contributed by atoms with Crippen LogP contribution in [0.3, 0.4) is 0 Å². The average Bonchev–Trinajstić information content (AvgIpc) is 2.43. The van der Waals surface area contributed by atoms with Crippen molar-refractivity contribution in [3.8, 4) is 0 Å². The number of carboxylic acids is 1. The molecule has 4 heteroatoms. The van der Waals surface area contributed by atoms with Gasteiger partial charge in [0.15, 0.2) is 0 Å². The molecule has 3 nitrogen and oxygen atoms in total. The van der Waals surface area contributed by atoms with Crippen molar-refractivity contribution in [3.05, 3.63) is 42.0 Å². The Kier molecular flexibility index (Phi) is 4.82. The summed E-state index contributed by atoms with van der Waals surface area (Å²) in [7, 11) is 1.70. The van der Waals surface area contributed by atoms with Crippen molar-refractivity contribution in [1.29, 1.82) is 0 Å². The van der Waals surface area contributed by atoms with Crippen LogP contribution in [0.2, 0.25) is 0 Å². The molecule has 0 spiro atoms. The van der Waals surface area contributed by atoms with Gasteiger partial charge in [0.2, 0.25) is 0 Å². The number of carboxylic acid groups (broad SMARTS) is 1. The summed E-state index contributed by atoms with van der Waals surface area (Å²) in [5, 5.41) is 11.0. The van der Waals surface area contributed by atoms with Crippen LogP contribution in [0.4, 0.5) is 0 Å². The van der Waals surface area contributed by atoms with Crippen LogP contribution in [0, 0.1) is 0 Å². The third kappa shape index (κ3) is 3.28. The predicted molar refractivity (Wildman–Crippen MR) is 78.1 cm³/mol. The van der Waals surface area contributed by atoms with Crippen LogP contribution in [0.25, 0.3) is 10.8 Å². The Bertz CT molecular complexity index is 581. The normalized spacial score (nSPS) is 10.8. The van der Waals surface area contributed by atoms with Crippen molar-refractivity contribution in [2.75, 3.05) is 19.5 Å². The molecular formula is C15H16O3S. The number of carbonyl (C=O) groups is 1. The summed E-state index contributed by atoms with van der Waals surface area (Å²) in [4.78, 5) is 12.3. The third-order valence-electron chi connectivity index (χ3n) is 2.86. The first-order valence-electron chi connectivity index (χ1n) is 6.11. The first-order chi connectivity index (χ1) is 9.24. The van der Waals surface area contributed by atoms with Gasteiger partial charge in [-0.25, -0.2) is 4.79 Å². The fraction of sp³-hybridized carbons (Fsp3) is 0.267. The number of benzene rings is 2. The molecule has 0 radical (unpaired) electrons. The number of thioether (sulfide) groups is 1. The van der Waals surface area contributed by atoms with Crippen LogP contribution in [0.1, 0.15) is 16.8 Å². The number of hydrogen-bond acceptors (Lipinski definition) is 3. The van der Waals surface area contributed by atoms with Crippen molar-refractivity contribution in [3.63, 3.8) is 0 Å². The summed E-state index contributed by atoms with van der Waals surface area (Å²) in [6, 6.07) is 11.2. The molecule has 2 aromatic rings. The lowest BCUT2D eigenvalue weighted by Gasteiger charge is -2.08. The highest BCUT2D eigenvalue weighted by atomic mass is 32.2. The largest absolute Gasteiger partial charge is 0.478 e. The van der Waals surface area contributed by atoms with Crippen LogP contribution in [-0.2, 0) is 4.74 Å². The number of aromatic carboxylic acids is 1. The molecule has 0 heterocycles. The van der Waals surface area contributed by atoms with E-state index in [4.69, 9.17) is 4.74 Å². The molecular weight excluding hydrogens is 260 g/mol. The quantitative estimate of drug-likeness (QED) is 0.646. The van der Waals surface area contributed by atoms with E-state index in [2.05, 4.69) is 0 Å². The van der Waals surface area contributed by atoms with E-state index in [1.165, 1.54) is 0 Å². The maximum absolute atomic E-state index is 11.2. The van der Waals surface area contributed by atoms with Gasteiger partial charge in [0.25, 0.3) is 0 Å². The Labute approximate surface area is 116 Å². The summed E-state index contributed by atoms with van der Waals surface area (Å²) >= 11 is 1.74. The van der Waals surface area contributed by atoms with Crippen LogP contribution in [0.5, 0.6) is 0 Å². The van der Waals surface area contributed by atoms with Gasteiger partial charge in [-0.15, -0.1) is 11.8 Å². The number of hydrogen-bond donors (Lipinski definition) is 1. The minimum atomic E-state index is -0.882. The molecule has 2 rings (SSSR count). The van der Waals surface area contributed by atoms with Gasteiger partial charge in [0, 0.05) is 24.4 Å². The molecule has 2 aromatic carbocycles. The topological polar surface area (TPSA) is 46.5 Å². The molecule has 100 valence electrons. The van der Waals surface area contributed by atoms with E-state index in [-0.39, 0.29) is 0 Å². The fourth-order valence-corrected chi connectivity index (χ4v) is 2.95. The standard InChI is InChI=1S/C15H16O3S/c1-18-9-4-10-19-14-8-7-13(15(16)17)11-5-2-3-6-12(11)14/h2-3,5-8H,4,9-10H2,1H3,(H,16,17). The summed E-state index contributed by atoms with van der Waals surface area (Å²) in [6.45, 7) is 0.748. The summed E-state index contributed by atoms with van der Waals surface area (Å²) in [6.07, 6.45) is 0.982. The minimum Gasteiger partial charge on any atom is -0.478 e. The van der Waals surface area contributed by atoms with Crippen LogP contribution < -0.4 is 0 Å². The van der Waals surface area contributed by atoms with Gasteiger partial charge in [-0.2, -0.15) is 0 Å². The van der Waals surface area contributed by atoms with Gasteiger partial charge >= 0.3 is 5.97 Å². The Morgan fingerprint density at radius 1 is 1.21 bits per heavy atom. The highest BCUT2D eigenvalue weighted by Crippen LogP contribution is 2.30. The molecule has 19 heavy (non-hydrogen) atoms. The lowest BCUT2D eigenvalue weighted by Crippen LogP contribution is -1.98. The molecule has 0 aromatic heterocycles. The molecule has 0 aliphatic carbocycles. The molecule has 1 N–H and O–H groups in total. The first kappa shape index (κ1) is 13.9. The Morgan fingerprint density at radius 2 is 1.95 bits per heavy atom. The minimum absolute atomic E-state index is 0.358. The molecule has 0 unspecified atom stereocenters. The van der Waals surface area contributed by atoms with Gasteiger partial charge in [-0.3, -0.25) is 0 Å². The van der Waals surface area contributed by atoms with E-state index in [1.807, 2.05) is 30.3 Å². The predicted octanol–water partition coefficient (Wildman–Crippen LogP) is 3.67. The molecule has 0 bridgehead atoms. The lowest BCUT2D eigenvalue weighted by molar-refractivity contribution is 0.0699. The molecule has 0 aliphatic rings. The maximum Gasteiger partial charge on any atom is 0.336 e. The lowest BCUT2D eigenvalue weighted by atomic mass is 10.0. The molecule has 0 atom stereocenters. The second-order valence-corrected chi connectivity index (χ2v) is 5.29. The molecule has 0 fully saturated rings. The Balaban J connectivity index is 2.30. The van der Waals surface area contributed by atoms with Crippen molar-refractivity contribution >= 4 is 28.5 Å². The number of methoxy groups -OCH3 is 1. The zero-order valence-electron chi connectivity index (χ0n) is 10.8. The summed E-state index contributed by atoms with van der Waals surface area (Å²) < 4.78 is 5.03. The van der Waals surface area contributed by atoms with Crippen LogP contribution in [-0.4, -0.2) is 30.5 Å². The average molecular weight is 276 g/mol. The smallest absolute Gasteiger partial charge is 0.336 e. The second kappa shape index (κ2) is 6.59. The second-order valence-electron chi connectivity index (χ2n) is 4.16. The van der Waals surface area contributed by atoms with E-state index in [0.29, 0.717) is 5.56 Å². The zero-order chi connectivity index (χ0) is 13.7. The molecule has 0 saturated heterocycles. The van der Waals surface area contributed by atoms with Crippen molar-refractivity contribution in [2.45, 2.75) is 11.3 Å². The monoisotopic (exact) mass is 276 g/mol. The van der Waals surface area contributed by atoms with Crippen molar-refractivity contribution < 1.29 is 14.6 Å². The SMILES string of the molecule is COCCCSc1ccc(C(=O)O)c2ccccc12. The van der Waals surface area contributed by atoms with Crippen LogP contribution >= 0.6 is 11.8 Å². The third-order valence-corrected chi connectivity index (χ3v) is 4.02. The molecule has 0 amide bonds. The van der Waals surface area contributed by atoms with E-state index in [0.717, 1.165) is 34.4 Å². The van der Waals surface area contributed by atoms with E-state index >= 15 is 0 Å². The fourth-order valence-electron chi connectivity index (χ4n) is 1.97. The van der Waals surface area contributed by atoms with Crippen molar-refractivity contribution in [2.24, 2.45) is 0 Å². The number of rotatable bonds is 6. The van der Waals surface area contributed by atoms with Crippen LogP contribution in [0.15, 0.2) is 41.3 Å². The van der Waals surface area contributed by atoms with Gasteiger partial charge in [-0.1, -0.05) is 24.3 Å². The highest BCUT2D eigenvalue weighted by molar-refractivity contribution is 7.99. The molecule has 0 saturated carbocycles. The summed E-state index contributed by atoms with van der Waals surface area (Å²) in [5.41, 5.74) is 0.358. The van der Waals surface area contributed by atoms with Gasteiger partial charge in [0.05, 0.1) is 5.56 Å². The van der Waals surface area contributed by atoms with Gasteiger partial charge in [-0.05, 0) is 29.3 Å². The van der Waals surface area contributed by atoms with E-state index < -0.39 is 5.97 Å². The highest BCUT2D eigenvalue weighted by Gasteiger charge is 2.10. The molecule has 0 aliphatic heterocycles. The number of ether oxygens (including phenoxy) is 1. The summed E-state index contributed by atoms with van der Waals surface area (Å²) in [5.74, 6) is 0.0803. The zero-order valence-corrected chi connectivity index (χ0v) is 11.6. The van der Waals surface area contributed by atoms with Crippen molar-refractivity contribution in [1.82, 2.24) is 0 Å². The van der Waals surface area contributed by atoms with E-state index in [1.54, 1.807) is 24.9 Å². The van der Waals surface area contributed by atoms with E-state index in [9.17, 15) is 9.90 Å². The Morgan fingerprint density at radius 3 is 2.63 bits per heavy atom. The van der Waals surface area contributed by atoms with Gasteiger partial charge in [0.1, 0.15) is 0 Å². The number of fused-ring (bicyclic) bond motifs is 1. The maximum atomic E-state index is 11.2.